The van der Waals surface area contributed by atoms with E-state index in [1.165, 1.54) is 0 Å². The second-order valence-corrected chi connectivity index (χ2v) is 4.08. The van der Waals surface area contributed by atoms with E-state index in [1.54, 1.807) is 18.1 Å². The molecular weight excluding hydrogens is 236 g/mol. The number of nitriles is 1. The molecule has 0 amide bonds. The maximum Gasteiger partial charge on any atom is 0.371 e. The van der Waals surface area contributed by atoms with E-state index in [4.69, 9.17) is 10.2 Å². The molecule has 1 heterocycles. The van der Waals surface area contributed by atoms with E-state index in [9.17, 15) is 4.79 Å². The molecule has 1 aliphatic rings. The van der Waals surface area contributed by atoms with E-state index < -0.39 is 5.97 Å². The first-order valence-electron chi connectivity index (χ1n) is 5.85. The van der Waals surface area contributed by atoms with Gasteiger partial charge in [0.1, 0.15) is 6.07 Å². The van der Waals surface area contributed by atoms with E-state index in [0.29, 0.717) is 6.54 Å². The fourth-order valence-electron chi connectivity index (χ4n) is 1.73. The van der Waals surface area contributed by atoms with Gasteiger partial charge in [-0.3, -0.25) is 9.84 Å². The molecule has 1 unspecified atom stereocenters. The molecule has 0 N–H and O–H groups in total. The summed E-state index contributed by atoms with van der Waals surface area (Å²) >= 11 is 0. The van der Waals surface area contributed by atoms with Crippen LogP contribution in [-0.4, -0.2) is 55.1 Å². The summed E-state index contributed by atoms with van der Waals surface area (Å²) in [6.45, 7) is 2.58. The van der Waals surface area contributed by atoms with Crippen molar-refractivity contribution in [2.75, 3.05) is 27.2 Å². The Balaban J connectivity index is 2.61. The van der Waals surface area contributed by atoms with Gasteiger partial charge in [0.25, 0.3) is 5.71 Å². The number of hydroxylamine groups is 2. The van der Waals surface area contributed by atoms with Gasteiger partial charge in [0.15, 0.2) is 0 Å². The molecule has 1 rings (SSSR count). The highest BCUT2D eigenvalue weighted by molar-refractivity contribution is 6.42. The minimum Gasteiger partial charge on any atom is -0.461 e. The average molecular weight is 254 g/mol. The Kier molecular flexibility index (Phi) is 5.55. The van der Waals surface area contributed by atoms with Crippen molar-refractivity contribution >= 4 is 11.7 Å². The number of carbonyl (C=O) groups excluding carboxylic acids is 1. The molecule has 0 aromatic rings. The van der Waals surface area contributed by atoms with Gasteiger partial charge in [-0.2, -0.15) is 5.26 Å². The van der Waals surface area contributed by atoms with E-state index in [2.05, 4.69) is 9.89 Å². The number of nitrogens with zero attached hydrogens (tertiary/aromatic N) is 4. The van der Waals surface area contributed by atoms with Crippen LogP contribution in [0, 0.1) is 11.3 Å². The van der Waals surface area contributed by atoms with Crippen LogP contribution in [0.3, 0.4) is 0 Å². The molecule has 7 heteroatoms. The number of oxime groups is 1. The summed E-state index contributed by atoms with van der Waals surface area (Å²) < 4.78 is 4.68. The van der Waals surface area contributed by atoms with Crippen molar-refractivity contribution in [2.24, 2.45) is 5.16 Å². The Morgan fingerprint density at radius 1 is 1.61 bits per heavy atom. The summed E-state index contributed by atoms with van der Waals surface area (Å²) in [6.07, 6.45) is 2.06. The molecule has 0 radical (unpaired) electrons. The minimum absolute atomic E-state index is 0.107. The fraction of sp³-hybridized carbons (Fsp3) is 0.727. The predicted octanol–water partition coefficient (Wildman–Crippen LogP) is 0.344. The van der Waals surface area contributed by atoms with E-state index in [0.717, 1.165) is 12.8 Å². The maximum atomic E-state index is 11.3. The number of hydrogen-bond donors (Lipinski definition) is 0. The third-order valence-corrected chi connectivity index (χ3v) is 2.58. The van der Waals surface area contributed by atoms with E-state index in [-0.39, 0.29) is 18.5 Å². The first kappa shape index (κ1) is 14.4. The number of esters is 1. The monoisotopic (exact) mass is 254 g/mol. The van der Waals surface area contributed by atoms with Crippen molar-refractivity contribution in [2.45, 2.75) is 25.9 Å². The maximum absolute atomic E-state index is 11.3. The number of ether oxygens (including phenoxy) is 1. The smallest absolute Gasteiger partial charge is 0.371 e. The molecule has 0 aromatic heterocycles. The van der Waals surface area contributed by atoms with Gasteiger partial charge in [0.2, 0.25) is 0 Å². The molecular formula is C11H18N4O3. The highest BCUT2D eigenvalue weighted by Gasteiger charge is 2.28. The van der Waals surface area contributed by atoms with Crippen LogP contribution in [0.1, 0.15) is 19.8 Å². The van der Waals surface area contributed by atoms with Gasteiger partial charge in [-0.15, -0.1) is 5.06 Å². The van der Waals surface area contributed by atoms with Crippen LogP contribution < -0.4 is 0 Å². The van der Waals surface area contributed by atoms with Gasteiger partial charge in [-0.05, 0) is 39.0 Å². The lowest BCUT2D eigenvalue weighted by Crippen LogP contribution is -2.39. The predicted molar refractivity (Wildman–Crippen MR) is 64.2 cm³/mol. The van der Waals surface area contributed by atoms with Gasteiger partial charge in [-0.1, -0.05) is 0 Å². The van der Waals surface area contributed by atoms with Crippen LogP contribution >= 0.6 is 0 Å². The molecule has 7 nitrogen and oxygen atoms in total. The first-order chi connectivity index (χ1) is 8.60. The number of carbonyl (C=O) groups is 1. The van der Waals surface area contributed by atoms with Gasteiger partial charge >= 0.3 is 5.97 Å². The number of hydrogen-bond acceptors (Lipinski definition) is 7. The Labute approximate surface area is 106 Å². The van der Waals surface area contributed by atoms with Crippen molar-refractivity contribution in [1.29, 1.82) is 5.26 Å². The molecule has 0 bridgehead atoms. The van der Waals surface area contributed by atoms with E-state index in [1.807, 2.05) is 19.0 Å². The Hall–Kier alpha value is -1.65. The zero-order valence-electron chi connectivity index (χ0n) is 10.9. The third kappa shape index (κ3) is 3.68. The minimum atomic E-state index is -0.763. The summed E-state index contributed by atoms with van der Waals surface area (Å²) in [5, 5.41) is 14.0. The van der Waals surface area contributed by atoms with Crippen LogP contribution in [-0.2, 0) is 14.5 Å². The second kappa shape index (κ2) is 6.93. The molecule has 1 atom stereocenters. The lowest BCUT2D eigenvalue weighted by Gasteiger charge is -2.26. The molecule has 1 aliphatic heterocycles. The van der Waals surface area contributed by atoms with Gasteiger partial charge < -0.3 is 4.74 Å². The second-order valence-electron chi connectivity index (χ2n) is 4.08. The van der Waals surface area contributed by atoms with Crippen LogP contribution in [0.2, 0.25) is 0 Å². The Bertz CT molecular complexity index is 362. The largest absolute Gasteiger partial charge is 0.461 e. The summed E-state index contributed by atoms with van der Waals surface area (Å²) in [4.78, 5) is 18.5. The molecule has 0 aromatic carbocycles. The molecule has 100 valence electrons. The van der Waals surface area contributed by atoms with Gasteiger partial charge in [-0.25, -0.2) is 4.79 Å². The van der Waals surface area contributed by atoms with Crippen molar-refractivity contribution in [3.05, 3.63) is 0 Å². The normalized spacial score (nSPS) is 20.8. The highest BCUT2D eigenvalue weighted by Crippen LogP contribution is 2.18. The van der Waals surface area contributed by atoms with Crippen molar-refractivity contribution in [3.63, 3.8) is 0 Å². The Morgan fingerprint density at radius 3 is 2.89 bits per heavy atom. The van der Waals surface area contributed by atoms with Crippen molar-refractivity contribution < 1.29 is 14.5 Å². The zero-order valence-corrected chi connectivity index (χ0v) is 10.9. The topological polar surface area (TPSA) is 78.2 Å². The highest BCUT2D eigenvalue weighted by atomic mass is 16.8. The molecule has 18 heavy (non-hydrogen) atoms. The average Bonchev–Trinajstić information content (AvgIpc) is 2.78. The van der Waals surface area contributed by atoms with Crippen LogP contribution in [0.4, 0.5) is 0 Å². The lowest BCUT2D eigenvalue weighted by molar-refractivity contribution is -0.194. The number of rotatable bonds is 5. The van der Waals surface area contributed by atoms with Crippen molar-refractivity contribution in [3.8, 4) is 6.07 Å². The van der Waals surface area contributed by atoms with Crippen LogP contribution in [0.25, 0.3) is 0 Å². The summed E-state index contributed by atoms with van der Waals surface area (Å²) in [6, 6.07) is 1.66. The first-order valence-corrected chi connectivity index (χ1v) is 5.85. The van der Waals surface area contributed by atoms with E-state index >= 15 is 0 Å². The van der Waals surface area contributed by atoms with Gasteiger partial charge in [0, 0.05) is 6.54 Å². The SMILES string of the molecule is CCOC(=O)C(C#N)=NON1CCCC1N(C)C. The fourth-order valence-corrected chi connectivity index (χ4v) is 1.73. The quantitative estimate of drug-likeness (QED) is 0.400. The van der Waals surface area contributed by atoms with Gasteiger partial charge in [0.05, 0.1) is 12.8 Å². The summed E-state index contributed by atoms with van der Waals surface area (Å²) in [5.74, 6) is -0.763. The molecule has 1 fully saturated rings. The van der Waals surface area contributed by atoms with Crippen LogP contribution in [0.5, 0.6) is 0 Å². The summed E-state index contributed by atoms with van der Waals surface area (Å²) in [5.41, 5.74) is -0.374. The van der Waals surface area contributed by atoms with Crippen molar-refractivity contribution in [1.82, 2.24) is 9.96 Å². The molecule has 0 spiro atoms. The summed E-state index contributed by atoms with van der Waals surface area (Å²) in [7, 11) is 3.87. The third-order valence-electron chi connectivity index (χ3n) is 2.58. The lowest BCUT2D eigenvalue weighted by atomic mass is 10.3. The molecule has 1 saturated heterocycles. The standard InChI is InChI=1S/C11H18N4O3/c1-4-17-11(16)9(8-12)13-18-15-7-5-6-10(15)14(2)3/h10H,4-7H2,1-3H3. The molecule has 0 saturated carbocycles. The van der Waals surface area contributed by atoms with Crippen LogP contribution in [0.15, 0.2) is 5.16 Å². The Morgan fingerprint density at radius 2 is 2.33 bits per heavy atom. The zero-order chi connectivity index (χ0) is 13.5. The molecule has 0 aliphatic carbocycles.